The fraction of sp³-hybridized carbons (Fsp3) is 0.304. The van der Waals surface area contributed by atoms with Gasteiger partial charge in [-0.05, 0) is 47.7 Å². The lowest BCUT2D eigenvalue weighted by molar-refractivity contribution is -0.140. The van der Waals surface area contributed by atoms with Crippen LogP contribution in [0.4, 0.5) is 10.2 Å². The zero-order valence-electron chi connectivity index (χ0n) is 16.4. The molecule has 6 heteroatoms. The van der Waals surface area contributed by atoms with Gasteiger partial charge in [-0.3, -0.25) is 4.79 Å². The number of carboxylic acids is 1. The Bertz CT molecular complexity index is 1080. The molecule has 0 aliphatic carbocycles. The number of anilines is 1. The lowest BCUT2D eigenvalue weighted by atomic mass is 9.89. The molecule has 1 aliphatic rings. The number of halogens is 1. The lowest BCUT2D eigenvalue weighted by Gasteiger charge is -2.26. The van der Waals surface area contributed by atoms with Gasteiger partial charge in [-0.25, -0.2) is 9.37 Å². The highest BCUT2D eigenvalue weighted by Gasteiger charge is 2.32. The normalized spacial score (nSPS) is 16.7. The molecule has 1 atom stereocenters. The molecule has 3 aromatic rings. The molecule has 4 rings (SSSR count). The number of rotatable bonds is 4. The van der Waals surface area contributed by atoms with Crippen LogP contribution in [0.3, 0.4) is 0 Å². The molecule has 1 fully saturated rings. The number of hydrogen-bond acceptors (Lipinski definition) is 4. The number of aliphatic carboxylic acids is 1. The summed E-state index contributed by atoms with van der Waals surface area (Å²) in [6.45, 7) is 5.15. The molecule has 2 aromatic carbocycles. The van der Waals surface area contributed by atoms with Gasteiger partial charge in [0.05, 0.1) is 11.4 Å². The van der Waals surface area contributed by atoms with Crippen molar-refractivity contribution in [1.29, 1.82) is 0 Å². The Labute approximate surface area is 168 Å². The van der Waals surface area contributed by atoms with Crippen LogP contribution in [0.5, 0.6) is 5.75 Å². The van der Waals surface area contributed by atoms with Crippen molar-refractivity contribution in [3.63, 3.8) is 0 Å². The highest BCUT2D eigenvalue weighted by atomic mass is 19.1. The van der Waals surface area contributed by atoms with Gasteiger partial charge in [-0.1, -0.05) is 26.0 Å². The average Bonchev–Trinajstić information content (AvgIpc) is 3.17. The van der Waals surface area contributed by atoms with E-state index in [-0.39, 0.29) is 17.5 Å². The Balaban J connectivity index is 1.99. The maximum absolute atomic E-state index is 13.6. The predicted octanol–water partition coefficient (Wildman–Crippen LogP) is 4.78. The molecule has 2 N–H and O–H groups in total. The zero-order valence-corrected chi connectivity index (χ0v) is 16.4. The number of carboxylic acid groups (broad SMARTS) is 1. The number of benzene rings is 2. The zero-order chi connectivity index (χ0) is 20.7. The number of aromatic nitrogens is 1. The fourth-order valence-electron chi connectivity index (χ4n) is 4.12. The van der Waals surface area contributed by atoms with Crippen LogP contribution in [0.2, 0.25) is 0 Å². The maximum atomic E-state index is 13.6. The predicted molar refractivity (Wildman–Crippen MR) is 111 cm³/mol. The number of phenols is 1. The number of pyridine rings is 1. The first-order valence-corrected chi connectivity index (χ1v) is 9.75. The van der Waals surface area contributed by atoms with E-state index in [0.717, 1.165) is 27.9 Å². The third-order valence-electron chi connectivity index (χ3n) is 5.53. The summed E-state index contributed by atoms with van der Waals surface area (Å²) < 4.78 is 13.6. The lowest BCUT2D eigenvalue weighted by Crippen LogP contribution is -2.25. The summed E-state index contributed by atoms with van der Waals surface area (Å²) in [5.41, 5.74) is 3.44. The number of carbonyl (C=O) groups is 1. The van der Waals surface area contributed by atoms with Crippen LogP contribution in [-0.4, -0.2) is 34.3 Å². The molecule has 0 bridgehead atoms. The first kappa shape index (κ1) is 19.2. The van der Waals surface area contributed by atoms with E-state index in [0.29, 0.717) is 25.0 Å². The molecule has 0 spiro atoms. The first-order valence-electron chi connectivity index (χ1n) is 9.75. The van der Waals surface area contributed by atoms with Gasteiger partial charge in [0.2, 0.25) is 0 Å². The van der Waals surface area contributed by atoms with Crippen molar-refractivity contribution in [3.8, 4) is 16.9 Å². The molecule has 1 saturated heterocycles. The largest absolute Gasteiger partial charge is 0.508 e. The van der Waals surface area contributed by atoms with Crippen LogP contribution >= 0.6 is 0 Å². The minimum absolute atomic E-state index is 0.111. The number of aromatic hydroxyl groups is 1. The van der Waals surface area contributed by atoms with Crippen molar-refractivity contribution in [1.82, 2.24) is 4.98 Å². The molecule has 1 aliphatic heterocycles. The van der Waals surface area contributed by atoms with E-state index in [9.17, 15) is 19.4 Å². The minimum Gasteiger partial charge on any atom is -0.508 e. The number of phenolic OH excluding ortho intramolecular Hbond substituents is 1. The summed E-state index contributed by atoms with van der Waals surface area (Å²) in [5, 5.41) is 20.3. The van der Waals surface area contributed by atoms with Gasteiger partial charge in [0, 0.05) is 30.1 Å². The second kappa shape index (κ2) is 7.35. The van der Waals surface area contributed by atoms with E-state index in [1.165, 1.54) is 12.1 Å². The second-order valence-electron chi connectivity index (χ2n) is 7.86. The molecular weight excluding hydrogens is 371 g/mol. The highest BCUT2D eigenvalue weighted by molar-refractivity contribution is 5.99. The molecular formula is C23H23FN2O3. The SMILES string of the molecule is CC(C)c1c(N2CCC(C(=O)O)C2)nc2cc(O)ccc2c1-c1ccc(F)cc1. The van der Waals surface area contributed by atoms with Crippen LogP contribution in [0, 0.1) is 11.7 Å². The van der Waals surface area contributed by atoms with Crippen LogP contribution in [0.25, 0.3) is 22.0 Å². The van der Waals surface area contributed by atoms with E-state index in [2.05, 4.69) is 13.8 Å². The molecule has 1 aromatic heterocycles. The fourth-order valence-corrected chi connectivity index (χ4v) is 4.12. The summed E-state index contributed by atoms with van der Waals surface area (Å²) in [4.78, 5) is 18.3. The third-order valence-corrected chi connectivity index (χ3v) is 5.53. The number of hydrogen-bond donors (Lipinski definition) is 2. The summed E-state index contributed by atoms with van der Waals surface area (Å²) >= 11 is 0. The van der Waals surface area contributed by atoms with E-state index in [1.54, 1.807) is 24.3 Å². The van der Waals surface area contributed by atoms with Gasteiger partial charge >= 0.3 is 5.97 Å². The quantitative estimate of drug-likeness (QED) is 0.666. The summed E-state index contributed by atoms with van der Waals surface area (Å²) in [7, 11) is 0. The standard InChI is InChI=1S/C23H23FN2O3/c1-13(2)20-21(14-3-5-16(24)6-4-14)18-8-7-17(27)11-19(18)25-22(20)26-10-9-15(12-26)23(28)29/h3-8,11,13,15,27H,9-10,12H2,1-2H3,(H,28,29). The number of nitrogens with zero attached hydrogens (tertiary/aromatic N) is 2. The highest BCUT2D eigenvalue weighted by Crippen LogP contribution is 2.42. The Hall–Kier alpha value is -3.15. The van der Waals surface area contributed by atoms with E-state index >= 15 is 0 Å². The number of fused-ring (bicyclic) bond motifs is 1. The van der Waals surface area contributed by atoms with Crippen molar-refractivity contribution >= 4 is 22.7 Å². The summed E-state index contributed by atoms with van der Waals surface area (Å²) in [5.74, 6) is -0.564. The van der Waals surface area contributed by atoms with Gasteiger partial charge in [0.15, 0.2) is 0 Å². The van der Waals surface area contributed by atoms with Crippen molar-refractivity contribution in [2.45, 2.75) is 26.2 Å². The molecule has 5 nitrogen and oxygen atoms in total. The van der Waals surface area contributed by atoms with Crippen LogP contribution in [-0.2, 0) is 4.79 Å². The van der Waals surface area contributed by atoms with E-state index in [4.69, 9.17) is 4.98 Å². The Morgan fingerprint density at radius 1 is 1.21 bits per heavy atom. The van der Waals surface area contributed by atoms with Gasteiger partial charge in [-0.2, -0.15) is 0 Å². The van der Waals surface area contributed by atoms with Gasteiger partial charge in [0.25, 0.3) is 0 Å². The van der Waals surface area contributed by atoms with E-state index in [1.807, 2.05) is 11.0 Å². The molecule has 2 heterocycles. The van der Waals surface area contributed by atoms with Crippen LogP contribution in [0.15, 0.2) is 42.5 Å². The molecule has 0 saturated carbocycles. The first-order chi connectivity index (χ1) is 13.8. The van der Waals surface area contributed by atoms with Crippen molar-refractivity contribution < 1.29 is 19.4 Å². The molecule has 1 unspecified atom stereocenters. The third kappa shape index (κ3) is 3.50. The molecule has 0 amide bonds. The molecule has 29 heavy (non-hydrogen) atoms. The van der Waals surface area contributed by atoms with Gasteiger partial charge in [-0.15, -0.1) is 0 Å². The Morgan fingerprint density at radius 3 is 2.55 bits per heavy atom. The summed E-state index contributed by atoms with van der Waals surface area (Å²) in [6.07, 6.45) is 0.568. The Kier molecular flexibility index (Phi) is 4.86. The summed E-state index contributed by atoms with van der Waals surface area (Å²) in [6, 6.07) is 11.4. The monoisotopic (exact) mass is 394 g/mol. The second-order valence-corrected chi connectivity index (χ2v) is 7.86. The molecule has 0 radical (unpaired) electrons. The van der Waals surface area contributed by atoms with Crippen LogP contribution in [0.1, 0.15) is 31.7 Å². The topological polar surface area (TPSA) is 73.7 Å². The van der Waals surface area contributed by atoms with Crippen molar-refractivity contribution in [3.05, 3.63) is 53.8 Å². The smallest absolute Gasteiger partial charge is 0.308 e. The van der Waals surface area contributed by atoms with Gasteiger partial charge in [0.1, 0.15) is 17.4 Å². The van der Waals surface area contributed by atoms with Crippen molar-refractivity contribution in [2.24, 2.45) is 5.92 Å². The average molecular weight is 394 g/mol. The minimum atomic E-state index is -0.796. The van der Waals surface area contributed by atoms with E-state index < -0.39 is 11.9 Å². The maximum Gasteiger partial charge on any atom is 0.308 e. The van der Waals surface area contributed by atoms with Crippen molar-refractivity contribution in [2.75, 3.05) is 18.0 Å². The van der Waals surface area contributed by atoms with Gasteiger partial charge < -0.3 is 15.1 Å². The Morgan fingerprint density at radius 2 is 1.93 bits per heavy atom. The molecule has 150 valence electrons. The van der Waals surface area contributed by atoms with Crippen LogP contribution < -0.4 is 4.90 Å².